The Hall–Kier alpha value is -2.14. The molecular formula is C12H10ClN3O2. The highest BCUT2D eigenvalue weighted by Gasteiger charge is 2.12. The summed E-state index contributed by atoms with van der Waals surface area (Å²) in [5, 5.41) is 14.9. The third-order valence-electron chi connectivity index (χ3n) is 2.41. The van der Waals surface area contributed by atoms with Gasteiger partial charge in [0.25, 0.3) is 0 Å². The lowest BCUT2D eigenvalue weighted by molar-refractivity contribution is -0.400. The lowest BCUT2D eigenvalue weighted by Crippen LogP contribution is -1.95. The van der Waals surface area contributed by atoms with Crippen molar-refractivity contribution in [2.75, 3.05) is 0 Å². The largest absolute Gasteiger partial charge is 0.259 e. The number of para-hydroxylation sites is 1. The summed E-state index contributed by atoms with van der Waals surface area (Å²) in [5.74, 6) is 0. The predicted molar refractivity (Wildman–Crippen MR) is 69.3 cm³/mol. The highest BCUT2D eigenvalue weighted by Crippen LogP contribution is 2.24. The molecule has 0 N–H and O–H groups in total. The zero-order valence-electron chi connectivity index (χ0n) is 9.58. The summed E-state index contributed by atoms with van der Waals surface area (Å²) < 4.78 is 1.55. The molecular weight excluding hydrogens is 254 g/mol. The molecule has 1 aromatic carbocycles. The minimum absolute atomic E-state index is 0.358. The smallest absolute Gasteiger partial charge is 0.235 e. The van der Waals surface area contributed by atoms with Crippen LogP contribution in [0, 0.1) is 17.0 Å². The van der Waals surface area contributed by atoms with Gasteiger partial charge < -0.3 is 0 Å². The normalized spacial score (nSPS) is 11.0. The van der Waals surface area contributed by atoms with Crippen LogP contribution in [0.3, 0.4) is 0 Å². The molecule has 2 aromatic rings. The molecule has 1 heterocycles. The summed E-state index contributed by atoms with van der Waals surface area (Å²) in [6, 6.07) is 9.35. The second-order valence-electron chi connectivity index (χ2n) is 3.64. The minimum Gasteiger partial charge on any atom is -0.259 e. The number of hydrogen-bond donors (Lipinski definition) is 0. The average molecular weight is 264 g/mol. The van der Waals surface area contributed by atoms with Gasteiger partial charge in [-0.1, -0.05) is 29.8 Å². The van der Waals surface area contributed by atoms with Gasteiger partial charge in [-0.25, -0.2) is 4.68 Å². The Labute approximate surface area is 108 Å². The van der Waals surface area contributed by atoms with E-state index in [0.29, 0.717) is 16.4 Å². The van der Waals surface area contributed by atoms with E-state index in [1.807, 2.05) is 30.3 Å². The molecule has 0 amide bonds. The number of aromatic nitrogens is 2. The van der Waals surface area contributed by atoms with Gasteiger partial charge in [0.15, 0.2) is 0 Å². The molecule has 0 bridgehead atoms. The summed E-state index contributed by atoms with van der Waals surface area (Å²) in [6.07, 6.45) is 2.20. The van der Waals surface area contributed by atoms with Crippen LogP contribution in [0.2, 0.25) is 5.15 Å². The first-order chi connectivity index (χ1) is 8.59. The first-order valence-corrected chi connectivity index (χ1v) is 5.59. The molecule has 1 aromatic heterocycles. The molecule has 6 heteroatoms. The fourth-order valence-corrected chi connectivity index (χ4v) is 1.91. The van der Waals surface area contributed by atoms with Gasteiger partial charge in [-0.15, -0.1) is 0 Å². The Balaban J connectivity index is 2.47. The average Bonchev–Trinajstić information content (AvgIpc) is 2.63. The first-order valence-electron chi connectivity index (χ1n) is 5.22. The maximum absolute atomic E-state index is 10.3. The van der Waals surface area contributed by atoms with E-state index in [9.17, 15) is 10.1 Å². The lowest BCUT2D eigenvalue weighted by Gasteiger charge is -2.01. The van der Waals surface area contributed by atoms with E-state index >= 15 is 0 Å². The Morgan fingerprint density at radius 1 is 1.39 bits per heavy atom. The van der Waals surface area contributed by atoms with Crippen molar-refractivity contribution in [3.63, 3.8) is 0 Å². The topological polar surface area (TPSA) is 61.0 Å². The number of nitrogens with zero attached hydrogens (tertiary/aromatic N) is 3. The quantitative estimate of drug-likeness (QED) is 0.631. The lowest BCUT2D eigenvalue weighted by atomic mass is 10.2. The van der Waals surface area contributed by atoms with E-state index in [1.54, 1.807) is 11.6 Å². The molecule has 0 fully saturated rings. The Bertz CT molecular complexity index is 605. The first kappa shape index (κ1) is 12.3. The molecule has 0 spiro atoms. The Morgan fingerprint density at radius 3 is 2.67 bits per heavy atom. The molecule has 0 aliphatic rings. The molecule has 0 saturated heterocycles. The molecule has 0 aliphatic heterocycles. The number of benzene rings is 1. The van der Waals surface area contributed by atoms with Crippen molar-refractivity contribution in [3.05, 3.63) is 63.1 Å². The van der Waals surface area contributed by atoms with Crippen molar-refractivity contribution >= 4 is 17.7 Å². The highest BCUT2D eigenvalue weighted by atomic mass is 35.5. The summed E-state index contributed by atoms with van der Waals surface area (Å²) in [6.45, 7) is 1.75. The molecule has 5 nitrogen and oxygen atoms in total. The van der Waals surface area contributed by atoms with Crippen molar-refractivity contribution in [1.29, 1.82) is 0 Å². The van der Waals surface area contributed by atoms with Crippen LogP contribution in [0.25, 0.3) is 11.8 Å². The van der Waals surface area contributed by atoms with Gasteiger partial charge in [0.1, 0.15) is 5.15 Å². The fourth-order valence-electron chi connectivity index (χ4n) is 1.58. The summed E-state index contributed by atoms with van der Waals surface area (Å²) >= 11 is 6.17. The number of hydrogen-bond acceptors (Lipinski definition) is 3. The molecule has 2 rings (SSSR count). The predicted octanol–water partition coefficient (Wildman–Crippen LogP) is 3.08. The van der Waals surface area contributed by atoms with Crippen LogP contribution in [0.15, 0.2) is 36.5 Å². The second kappa shape index (κ2) is 5.01. The van der Waals surface area contributed by atoms with E-state index in [1.165, 1.54) is 6.08 Å². The van der Waals surface area contributed by atoms with Gasteiger partial charge in [0.2, 0.25) is 6.20 Å². The monoisotopic (exact) mass is 263 g/mol. The molecule has 92 valence electrons. The second-order valence-corrected chi connectivity index (χ2v) is 4.00. The van der Waals surface area contributed by atoms with E-state index < -0.39 is 4.92 Å². The zero-order valence-corrected chi connectivity index (χ0v) is 10.3. The minimum atomic E-state index is -0.532. The van der Waals surface area contributed by atoms with Gasteiger partial charge in [-0.3, -0.25) is 10.1 Å². The Kier molecular flexibility index (Phi) is 3.43. The van der Waals surface area contributed by atoms with Gasteiger partial charge in [-0.2, -0.15) is 5.10 Å². The van der Waals surface area contributed by atoms with Gasteiger partial charge in [0, 0.05) is 11.6 Å². The van der Waals surface area contributed by atoms with Crippen LogP contribution in [-0.4, -0.2) is 14.7 Å². The molecule has 0 radical (unpaired) electrons. The van der Waals surface area contributed by atoms with Crippen LogP contribution >= 0.6 is 11.6 Å². The summed E-state index contributed by atoms with van der Waals surface area (Å²) in [7, 11) is 0. The van der Waals surface area contributed by atoms with Crippen LogP contribution in [0.4, 0.5) is 0 Å². The number of nitro groups is 1. The van der Waals surface area contributed by atoms with E-state index in [4.69, 9.17) is 11.6 Å². The molecule has 0 unspecified atom stereocenters. The zero-order chi connectivity index (χ0) is 13.1. The van der Waals surface area contributed by atoms with Gasteiger partial charge in [-0.05, 0) is 19.1 Å². The van der Waals surface area contributed by atoms with E-state index in [-0.39, 0.29) is 0 Å². The van der Waals surface area contributed by atoms with Gasteiger partial charge in [0.05, 0.1) is 16.3 Å². The van der Waals surface area contributed by atoms with E-state index in [2.05, 4.69) is 5.10 Å². The summed E-state index contributed by atoms with van der Waals surface area (Å²) in [5.41, 5.74) is 2.01. The molecule has 0 saturated carbocycles. The third-order valence-corrected chi connectivity index (χ3v) is 2.78. The van der Waals surface area contributed by atoms with Crippen molar-refractivity contribution in [2.24, 2.45) is 0 Å². The SMILES string of the molecule is Cc1nn(-c2ccccc2)c(Cl)c1/C=C/[N+](=O)[O-]. The standard InChI is InChI=1S/C12H10ClN3O2/c1-9-11(7-8-15(17)18)12(13)16(14-9)10-5-3-2-4-6-10/h2-8H,1H3/b8-7+. The van der Waals surface area contributed by atoms with E-state index in [0.717, 1.165) is 11.9 Å². The molecule has 0 aliphatic carbocycles. The van der Waals surface area contributed by atoms with Crippen LogP contribution in [0.5, 0.6) is 0 Å². The van der Waals surface area contributed by atoms with Crippen molar-refractivity contribution in [2.45, 2.75) is 6.92 Å². The van der Waals surface area contributed by atoms with Gasteiger partial charge >= 0.3 is 0 Å². The van der Waals surface area contributed by atoms with Crippen molar-refractivity contribution in [1.82, 2.24) is 9.78 Å². The maximum atomic E-state index is 10.3. The van der Waals surface area contributed by atoms with Crippen LogP contribution in [0.1, 0.15) is 11.3 Å². The molecule has 0 atom stereocenters. The van der Waals surface area contributed by atoms with Crippen LogP contribution < -0.4 is 0 Å². The third kappa shape index (κ3) is 2.41. The highest BCUT2D eigenvalue weighted by molar-refractivity contribution is 6.31. The molecule has 18 heavy (non-hydrogen) atoms. The summed E-state index contributed by atoms with van der Waals surface area (Å²) in [4.78, 5) is 9.79. The van der Waals surface area contributed by atoms with Crippen LogP contribution in [-0.2, 0) is 0 Å². The van der Waals surface area contributed by atoms with Crippen molar-refractivity contribution < 1.29 is 4.92 Å². The number of halogens is 1. The number of aryl methyl sites for hydroxylation is 1. The van der Waals surface area contributed by atoms with Crippen molar-refractivity contribution in [3.8, 4) is 5.69 Å². The fraction of sp³-hybridized carbons (Fsp3) is 0.0833. The Morgan fingerprint density at radius 2 is 2.06 bits per heavy atom. The maximum Gasteiger partial charge on any atom is 0.235 e. The number of rotatable bonds is 3.